The van der Waals surface area contributed by atoms with Gasteiger partial charge in [-0.25, -0.2) is 8.78 Å². The zero-order chi connectivity index (χ0) is 12.9. The Labute approximate surface area is 99.0 Å². The lowest BCUT2D eigenvalue weighted by molar-refractivity contribution is 0.200. The van der Waals surface area contributed by atoms with Crippen molar-refractivity contribution in [2.45, 2.75) is 64.6 Å². The van der Waals surface area contributed by atoms with Gasteiger partial charge in [-0.05, 0) is 16.6 Å². The summed E-state index contributed by atoms with van der Waals surface area (Å²) in [5.41, 5.74) is 1.24. The molecule has 0 saturated heterocycles. The van der Waals surface area contributed by atoms with Gasteiger partial charge in [-0.15, -0.1) is 0 Å². The van der Waals surface area contributed by atoms with Crippen molar-refractivity contribution in [1.82, 2.24) is 0 Å². The van der Waals surface area contributed by atoms with E-state index in [0.29, 0.717) is 16.6 Å². The minimum atomic E-state index is -2.43. The molecule has 0 aliphatic carbocycles. The summed E-state index contributed by atoms with van der Waals surface area (Å²) in [6, 6.07) is 0. The Morgan fingerprint density at radius 3 is 1.50 bits per heavy atom. The Hall–Kier alpha value is -0.383. The maximum Gasteiger partial charge on any atom is 0.260 e. The van der Waals surface area contributed by atoms with Crippen LogP contribution in [0.4, 0.5) is 8.78 Å². The number of alkyl halides is 2. The molecule has 0 saturated carbocycles. The molecule has 4 heteroatoms. The van der Waals surface area contributed by atoms with E-state index in [0.717, 1.165) is 6.08 Å². The molecule has 16 heavy (non-hydrogen) atoms. The van der Waals surface area contributed by atoms with E-state index in [-0.39, 0.29) is 0 Å². The average Bonchev–Trinajstić information content (AvgIpc) is 2.09. The highest BCUT2D eigenvalue weighted by atomic mass is 28.4. The van der Waals surface area contributed by atoms with Gasteiger partial charge in [0.15, 0.2) is 0 Å². The molecule has 0 amide bonds. The van der Waals surface area contributed by atoms with Gasteiger partial charge in [0.2, 0.25) is 0 Å². The molecule has 0 fully saturated rings. The van der Waals surface area contributed by atoms with E-state index in [1.165, 1.54) is 6.26 Å². The average molecular weight is 250 g/mol. The fourth-order valence-corrected chi connectivity index (χ4v) is 7.76. The Morgan fingerprint density at radius 1 is 0.875 bits per heavy atom. The molecule has 0 aromatic rings. The predicted octanol–water partition coefficient (Wildman–Crippen LogP) is 4.96. The van der Waals surface area contributed by atoms with Crippen LogP contribution in [0.1, 0.15) is 41.5 Å². The summed E-state index contributed by atoms with van der Waals surface area (Å²) >= 11 is 0. The fourth-order valence-electron chi connectivity index (χ4n) is 2.62. The zero-order valence-electron chi connectivity index (χ0n) is 11.1. The highest BCUT2D eigenvalue weighted by Crippen LogP contribution is 2.42. The van der Waals surface area contributed by atoms with Gasteiger partial charge in [-0.2, -0.15) is 0 Å². The highest BCUT2D eigenvalue weighted by molar-refractivity contribution is 6.77. The zero-order valence-corrected chi connectivity index (χ0v) is 12.1. The normalized spacial score (nSPS) is 13.8. The van der Waals surface area contributed by atoms with E-state index in [9.17, 15) is 8.78 Å². The maximum atomic E-state index is 12.1. The minimum Gasteiger partial charge on any atom is -0.548 e. The van der Waals surface area contributed by atoms with Crippen molar-refractivity contribution >= 4 is 8.32 Å². The third kappa shape index (κ3) is 3.58. The van der Waals surface area contributed by atoms with Crippen LogP contribution in [0.2, 0.25) is 16.6 Å². The number of hydrogen-bond donors (Lipinski definition) is 0. The van der Waals surface area contributed by atoms with E-state index in [1.807, 2.05) is 0 Å². The monoisotopic (exact) mass is 250 g/mol. The topological polar surface area (TPSA) is 9.23 Å². The van der Waals surface area contributed by atoms with Crippen molar-refractivity contribution in [3.8, 4) is 0 Å². The molecule has 0 rings (SSSR count). The first-order valence-corrected chi connectivity index (χ1v) is 8.01. The number of hydrogen-bond acceptors (Lipinski definition) is 1. The van der Waals surface area contributed by atoms with Crippen molar-refractivity contribution < 1.29 is 13.2 Å². The van der Waals surface area contributed by atoms with Gasteiger partial charge in [0.05, 0.1) is 6.26 Å². The Morgan fingerprint density at radius 2 is 1.25 bits per heavy atom. The van der Waals surface area contributed by atoms with Gasteiger partial charge in [0.25, 0.3) is 14.7 Å². The van der Waals surface area contributed by atoms with Crippen molar-refractivity contribution in [3.63, 3.8) is 0 Å². The molecule has 0 unspecified atom stereocenters. The second kappa shape index (κ2) is 6.38. The van der Waals surface area contributed by atoms with E-state index in [2.05, 4.69) is 41.5 Å². The first-order valence-electron chi connectivity index (χ1n) is 5.87. The lowest BCUT2D eigenvalue weighted by Gasteiger charge is -2.41. The van der Waals surface area contributed by atoms with Gasteiger partial charge in [-0.3, -0.25) is 0 Å². The van der Waals surface area contributed by atoms with E-state index < -0.39 is 14.7 Å². The summed E-state index contributed by atoms with van der Waals surface area (Å²) in [6.45, 7) is 12.8. The first kappa shape index (κ1) is 15.6. The summed E-state index contributed by atoms with van der Waals surface area (Å²) in [5, 5.41) is 0. The maximum absolute atomic E-state index is 12.1. The van der Waals surface area contributed by atoms with Crippen LogP contribution in [0.3, 0.4) is 0 Å². The summed E-state index contributed by atoms with van der Waals surface area (Å²) in [4.78, 5) is 0. The fraction of sp³-hybridized carbons (Fsp3) is 0.833. The smallest absolute Gasteiger partial charge is 0.260 e. The molecule has 0 aliphatic heterocycles. The largest absolute Gasteiger partial charge is 0.548 e. The Bertz CT molecular complexity index is 203. The third-order valence-electron chi connectivity index (χ3n) is 3.20. The predicted molar refractivity (Wildman–Crippen MR) is 67.3 cm³/mol. The molecule has 0 aromatic carbocycles. The van der Waals surface area contributed by atoms with E-state index in [4.69, 9.17) is 4.43 Å². The molecule has 0 aromatic heterocycles. The van der Waals surface area contributed by atoms with E-state index >= 15 is 0 Å². The summed E-state index contributed by atoms with van der Waals surface area (Å²) in [5.74, 6) is 0. The van der Waals surface area contributed by atoms with Gasteiger partial charge < -0.3 is 4.43 Å². The molecule has 0 spiro atoms. The molecule has 0 heterocycles. The van der Waals surface area contributed by atoms with Crippen LogP contribution >= 0.6 is 0 Å². The molecule has 0 bridgehead atoms. The molecule has 1 nitrogen and oxygen atoms in total. The van der Waals surface area contributed by atoms with Crippen LogP contribution in [-0.2, 0) is 4.43 Å². The van der Waals surface area contributed by atoms with Gasteiger partial charge in [0, 0.05) is 6.08 Å². The minimum absolute atomic E-state index is 0.412. The Balaban J connectivity index is 4.91. The lowest BCUT2D eigenvalue weighted by atomic mass is 10.5. The molecule has 0 N–H and O–H groups in total. The van der Waals surface area contributed by atoms with E-state index in [1.54, 1.807) is 0 Å². The highest BCUT2D eigenvalue weighted by Gasteiger charge is 2.46. The number of halogens is 2. The van der Waals surface area contributed by atoms with Crippen molar-refractivity contribution in [2.24, 2.45) is 0 Å². The van der Waals surface area contributed by atoms with Crippen molar-refractivity contribution in [3.05, 3.63) is 12.3 Å². The first-order chi connectivity index (χ1) is 7.25. The summed E-state index contributed by atoms with van der Waals surface area (Å²) in [7, 11) is -2.01. The second-order valence-corrected chi connectivity index (χ2v) is 10.5. The van der Waals surface area contributed by atoms with Crippen LogP contribution < -0.4 is 0 Å². The van der Waals surface area contributed by atoms with Gasteiger partial charge >= 0.3 is 0 Å². The molecule has 0 aliphatic rings. The van der Waals surface area contributed by atoms with Crippen molar-refractivity contribution in [1.29, 1.82) is 0 Å². The second-order valence-electron chi connectivity index (χ2n) is 5.10. The van der Waals surface area contributed by atoms with Gasteiger partial charge in [-0.1, -0.05) is 41.5 Å². The summed E-state index contributed by atoms with van der Waals surface area (Å²) in [6.07, 6.45) is -0.385. The Kier molecular flexibility index (Phi) is 6.22. The standard InChI is InChI=1S/C12H24F2OSi/c1-9(2)16(10(3)4,11(5)6)15-8-7-12(13)14/h7-12H,1-6H3. The number of allylic oxidation sites excluding steroid dienone is 1. The lowest BCUT2D eigenvalue weighted by Crippen LogP contribution is -2.46. The molecule has 0 radical (unpaired) electrons. The molecular formula is C12H24F2OSi. The summed E-state index contributed by atoms with van der Waals surface area (Å²) < 4.78 is 29.9. The van der Waals surface area contributed by atoms with Crippen LogP contribution in [-0.4, -0.2) is 14.7 Å². The van der Waals surface area contributed by atoms with Crippen LogP contribution in [0, 0.1) is 0 Å². The SMILES string of the molecule is CC(C)[Si](OC=CC(F)F)(C(C)C)C(C)C. The van der Waals surface area contributed by atoms with Gasteiger partial charge in [0.1, 0.15) is 0 Å². The third-order valence-corrected chi connectivity index (χ3v) is 9.16. The van der Waals surface area contributed by atoms with Crippen molar-refractivity contribution in [2.75, 3.05) is 0 Å². The quantitative estimate of drug-likeness (QED) is 0.478. The molecular weight excluding hydrogens is 226 g/mol. The van der Waals surface area contributed by atoms with Crippen LogP contribution in [0.25, 0.3) is 0 Å². The van der Waals surface area contributed by atoms with Crippen LogP contribution in [0.5, 0.6) is 0 Å². The molecule has 0 atom stereocenters. The van der Waals surface area contributed by atoms with Crippen LogP contribution in [0.15, 0.2) is 12.3 Å². The number of rotatable bonds is 6. The molecule has 96 valence electrons.